The minimum Gasteiger partial charge on any atom is -0.475 e. The number of carbonyl (C=O) groups excluding carboxylic acids is 1. The number of H-pyrrole nitrogens is 1. The van der Waals surface area contributed by atoms with Crippen LogP contribution in [0, 0.1) is 11.7 Å². The van der Waals surface area contributed by atoms with Crippen molar-refractivity contribution < 1.29 is 50.2 Å². The number of ether oxygens (including phenoxy) is 1. The van der Waals surface area contributed by atoms with Crippen molar-refractivity contribution in [3.05, 3.63) is 24.0 Å². The van der Waals surface area contributed by atoms with Gasteiger partial charge in [-0.3, -0.25) is 4.90 Å². The first kappa shape index (κ1) is 28.7. The molecule has 2 amide bonds. The van der Waals surface area contributed by atoms with Gasteiger partial charge in [0.1, 0.15) is 5.75 Å². The number of carboxylic acids is 1. The number of urea groups is 1. The molecular weight excluding hydrogens is 535 g/mol. The van der Waals surface area contributed by atoms with E-state index in [1.165, 1.54) is 7.05 Å². The van der Waals surface area contributed by atoms with Crippen LogP contribution in [-0.4, -0.2) is 75.4 Å². The number of hydrogen-bond donors (Lipinski definition) is 3. The smallest absolute Gasteiger partial charge is 0.475 e. The van der Waals surface area contributed by atoms with Crippen LogP contribution in [0.1, 0.15) is 26.2 Å². The van der Waals surface area contributed by atoms with E-state index in [1.807, 2.05) is 0 Å². The van der Waals surface area contributed by atoms with E-state index in [0.717, 1.165) is 36.3 Å². The van der Waals surface area contributed by atoms with Gasteiger partial charge < -0.3 is 20.1 Å². The Bertz CT molecular complexity index is 1130. The number of hydrogen-bond acceptors (Lipinski definition) is 7. The molecule has 11 nitrogen and oxygen atoms in total. The Labute approximate surface area is 209 Å². The highest BCUT2D eigenvalue weighted by Gasteiger charge is 2.48. The molecule has 2 bridgehead atoms. The summed E-state index contributed by atoms with van der Waals surface area (Å²) < 4.78 is 86.8. The van der Waals surface area contributed by atoms with Crippen LogP contribution in [0.25, 0.3) is 0 Å². The molecule has 0 radical (unpaired) electrons. The molecule has 0 aliphatic carbocycles. The van der Waals surface area contributed by atoms with E-state index in [1.54, 1.807) is 0 Å². The first-order chi connectivity index (χ1) is 17.6. The Balaban J connectivity index is 0.000000505. The Morgan fingerprint density at radius 2 is 1.82 bits per heavy atom. The van der Waals surface area contributed by atoms with Crippen molar-refractivity contribution >= 4 is 23.6 Å². The zero-order chi connectivity index (χ0) is 28.4. The number of rotatable bonds is 4. The molecule has 0 unspecified atom stereocenters. The van der Waals surface area contributed by atoms with Crippen LogP contribution in [0.3, 0.4) is 0 Å². The van der Waals surface area contributed by atoms with E-state index in [9.17, 15) is 35.5 Å². The van der Waals surface area contributed by atoms with Crippen LogP contribution in [0.5, 0.6) is 5.75 Å². The van der Waals surface area contributed by atoms with Gasteiger partial charge in [0, 0.05) is 19.2 Å². The molecule has 0 saturated carbocycles. The highest BCUT2D eigenvalue weighted by molar-refractivity contribution is 5.92. The molecule has 1 aromatic heterocycles. The summed E-state index contributed by atoms with van der Waals surface area (Å²) in [6.45, 7) is 2.09. The number of tetrazole rings is 1. The highest BCUT2D eigenvalue weighted by atomic mass is 19.4. The topological polar surface area (TPSA) is 137 Å². The van der Waals surface area contributed by atoms with Crippen LogP contribution in [0.15, 0.2) is 18.2 Å². The fraction of sp³-hybridized carbons (Fsp3) is 0.550. The molecule has 2 fully saturated rings. The Kier molecular flexibility index (Phi) is 8.21. The molecule has 2 aromatic rings. The fourth-order valence-electron chi connectivity index (χ4n) is 4.59. The molecule has 210 valence electrons. The zero-order valence-corrected chi connectivity index (χ0v) is 19.7. The number of aromatic amines is 1. The van der Waals surface area contributed by atoms with Gasteiger partial charge in [-0.2, -0.15) is 13.2 Å². The number of nitrogens with zero attached hydrogens (tertiary/aromatic N) is 5. The summed E-state index contributed by atoms with van der Waals surface area (Å²) in [5.74, 6) is -3.66. The standard InChI is InChI=1S/C18H21F4N7O2.C2HF3O2/c1-9-7-12(15-6-5-13(9)29(15)16-24-26-27-25-16)23-17(30)28(2)14-4-3-10(8-11(14)19)31-18(20,21)22;3-2(4,5)1(6)7/h3-4,8-9,12-13,15H,5-7H2,1-2H3,(H,23,30)(H,24,25,26,27);(H,6,7)/t9-,12-,13+,15-;/m0./s1. The van der Waals surface area contributed by atoms with Crippen molar-refractivity contribution in [1.29, 1.82) is 0 Å². The van der Waals surface area contributed by atoms with Crippen molar-refractivity contribution in [2.24, 2.45) is 5.92 Å². The summed E-state index contributed by atoms with van der Waals surface area (Å²) in [6, 6.07) is 2.04. The van der Waals surface area contributed by atoms with E-state index in [-0.39, 0.29) is 29.7 Å². The first-order valence-electron chi connectivity index (χ1n) is 11.0. The quantitative estimate of drug-likeness (QED) is 0.487. The number of alkyl halides is 6. The number of carboxylic acid groups (broad SMARTS) is 1. The molecule has 3 N–H and O–H groups in total. The number of anilines is 2. The van der Waals surface area contributed by atoms with Gasteiger partial charge in [-0.1, -0.05) is 12.0 Å². The molecule has 38 heavy (non-hydrogen) atoms. The Hall–Kier alpha value is -3.86. The van der Waals surface area contributed by atoms with Gasteiger partial charge in [-0.25, -0.2) is 19.1 Å². The van der Waals surface area contributed by atoms with Crippen LogP contribution >= 0.6 is 0 Å². The average Bonchev–Trinajstić information content (AvgIpc) is 3.43. The molecule has 18 heteroatoms. The third-order valence-electron chi connectivity index (χ3n) is 6.17. The van der Waals surface area contributed by atoms with E-state index in [0.29, 0.717) is 12.0 Å². The van der Waals surface area contributed by atoms with Crippen molar-refractivity contribution in [3.63, 3.8) is 0 Å². The number of fused-ring (bicyclic) bond motifs is 2. The SMILES string of the molecule is C[C@H]1C[C@H](NC(=O)N(C)c2ccc(OC(F)(F)F)cc2F)[C@@H]2CC[C@H]1N2c1nnn[nH]1.O=C(O)C(F)(F)F. The molecule has 0 spiro atoms. The molecule has 1 aromatic carbocycles. The van der Waals surface area contributed by atoms with Crippen molar-refractivity contribution in [2.45, 2.75) is 56.9 Å². The number of carbonyl (C=O) groups is 2. The number of nitrogens with one attached hydrogen (secondary N) is 2. The van der Waals surface area contributed by atoms with Gasteiger partial charge >= 0.3 is 24.5 Å². The lowest BCUT2D eigenvalue weighted by atomic mass is 9.88. The Morgan fingerprint density at radius 3 is 2.34 bits per heavy atom. The third kappa shape index (κ3) is 6.71. The number of halogens is 7. The van der Waals surface area contributed by atoms with Crippen LogP contribution in [-0.2, 0) is 4.79 Å². The maximum Gasteiger partial charge on any atom is 0.573 e. The van der Waals surface area contributed by atoms with Crippen molar-refractivity contribution in [1.82, 2.24) is 25.9 Å². The second-order valence-corrected chi connectivity index (χ2v) is 8.64. The second kappa shape index (κ2) is 10.9. The molecule has 4 rings (SSSR count). The monoisotopic (exact) mass is 557 g/mol. The maximum absolute atomic E-state index is 14.4. The number of piperidine rings is 1. The minimum absolute atomic E-state index is 0.0271. The summed E-state index contributed by atoms with van der Waals surface area (Å²) in [5.41, 5.74) is -0.170. The summed E-state index contributed by atoms with van der Waals surface area (Å²) in [5, 5.41) is 24.1. The predicted octanol–water partition coefficient (Wildman–Crippen LogP) is 3.46. The van der Waals surface area contributed by atoms with E-state index < -0.39 is 36.1 Å². The summed E-state index contributed by atoms with van der Waals surface area (Å²) in [7, 11) is 1.35. The normalized spacial score (nSPS) is 22.8. The first-order valence-corrected chi connectivity index (χ1v) is 11.0. The summed E-state index contributed by atoms with van der Waals surface area (Å²) in [6.07, 6.45) is -7.51. The van der Waals surface area contributed by atoms with Crippen molar-refractivity contribution in [3.8, 4) is 5.75 Å². The van der Waals surface area contributed by atoms with Crippen molar-refractivity contribution in [2.75, 3.05) is 16.8 Å². The maximum atomic E-state index is 14.4. The number of aliphatic carboxylic acids is 1. The van der Waals surface area contributed by atoms with Gasteiger partial charge in [0.25, 0.3) is 0 Å². The molecule has 2 saturated heterocycles. The number of amides is 2. The number of benzene rings is 1. The zero-order valence-electron chi connectivity index (χ0n) is 19.7. The van der Waals surface area contributed by atoms with Gasteiger partial charge in [-0.05, 0) is 47.7 Å². The van der Waals surface area contributed by atoms with Crippen LogP contribution in [0.4, 0.5) is 47.2 Å². The lowest BCUT2D eigenvalue weighted by Crippen LogP contribution is -2.59. The molecule has 3 heterocycles. The van der Waals surface area contributed by atoms with Gasteiger partial charge in [-0.15, -0.1) is 13.2 Å². The van der Waals surface area contributed by atoms with E-state index >= 15 is 0 Å². The third-order valence-corrected chi connectivity index (χ3v) is 6.17. The summed E-state index contributed by atoms with van der Waals surface area (Å²) in [4.78, 5) is 24.8. The largest absolute Gasteiger partial charge is 0.573 e. The van der Waals surface area contributed by atoms with Crippen LogP contribution < -0.4 is 19.9 Å². The average molecular weight is 557 g/mol. The predicted molar refractivity (Wildman–Crippen MR) is 115 cm³/mol. The van der Waals surface area contributed by atoms with E-state index in [4.69, 9.17) is 9.90 Å². The van der Waals surface area contributed by atoms with Gasteiger partial charge in [0.2, 0.25) is 5.95 Å². The molecular formula is C20H22F7N7O4. The Morgan fingerprint density at radius 1 is 1.18 bits per heavy atom. The summed E-state index contributed by atoms with van der Waals surface area (Å²) >= 11 is 0. The second-order valence-electron chi connectivity index (χ2n) is 8.64. The highest BCUT2D eigenvalue weighted by Crippen LogP contribution is 2.41. The lowest BCUT2D eigenvalue weighted by molar-refractivity contribution is -0.274. The molecule has 2 aliphatic heterocycles. The lowest BCUT2D eigenvalue weighted by Gasteiger charge is -2.43. The molecule has 4 atom stereocenters. The van der Waals surface area contributed by atoms with Gasteiger partial charge in [0.15, 0.2) is 5.82 Å². The fourth-order valence-corrected chi connectivity index (χ4v) is 4.59. The number of aromatic nitrogens is 4. The van der Waals surface area contributed by atoms with E-state index in [2.05, 4.69) is 42.5 Å². The van der Waals surface area contributed by atoms with Gasteiger partial charge in [0.05, 0.1) is 17.8 Å². The minimum atomic E-state index is -5.08. The van der Waals surface area contributed by atoms with Crippen LogP contribution in [0.2, 0.25) is 0 Å². The molecule has 2 aliphatic rings.